The fourth-order valence-corrected chi connectivity index (χ4v) is 6.02. The van der Waals surface area contributed by atoms with Gasteiger partial charge in [-0.1, -0.05) is 49.9 Å². The highest BCUT2D eigenvalue weighted by molar-refractivity contribution is 6.06. The third kappa shape index (κ3) is 5.59. The SMILES string of the molecule is NC(=O)c1cn(-c2nc(Nc3cccc(N4CCN(C(=O)C5CCCCCC5)CC4)c3)ncc2F)c2ccccc12. The van der Waals surface area contributed by atoms with Gasteiger partial charge in [0.2, 0.25) is 11.9 Å². The number of rotatable bonds is 6. The van der Waals surface area contributed by atoms with Gasteiger partial charge in [-0.05, 0) is 37.1 Å². The first kappa shape index (κ1) is 26.7. The number of fused-ring (bicyclic) bond motifs is 1. The number of carbonyl (C=O) groups is 2. The lowest BCUT2D eigenvalue weighted by molar-refractivity contribution is -0.136. The number of anilines is 3. The van der Waals surface area contributed by atoms with Gasteiger partial charge in [0.05, 0.1) is 17.3 Å². The summed E-state index contributed by atoms with van der Waals surface area (Å²) in [4.78, 5) is 38.0. The van der Waals surface area contributed by atoms with Crippen LogP contribution in [0.15, 0.2) is 60.9 Å². The highest BCUT2D eigenvalue weighted by atomic mass is 19.1. The molecule has 2 aromatic carbocycles. The maximum Gasteiger partial charge on any atom is 0.250 e. The van der Waals surface area contributed by atoms with Gasteiger partial charge in [0.25, 0.3) is 5.91 Å². The second-order valence-electron chi connectivity index (χ2n) is 10.8. The van der Waals surface area contributed by atoms with Crippen LogP contribution in [0.1, 0.15) is 48.9 Å². The van der Waals surface area contributed by atoms with Crippen LogP contribution >= 0.6 is 0 Å². The predicted molar refractivity (Wildman–Crippen MR) is 157 cm³/mol. The Kier molecular flexibility index (Phi) is 7.54. The van der Waals surface area contributed by atoms with Crippen molar-refractivity contribution >= 4 is 40.0 Å². The van der Waals surface area contributed by atoms with Crippen molar-refractivity contribution in [1.29, 1.82) is 0 Å². The number of hydrogen-bond donors (Lipinski definition) is 2. The summed E-state index contributed by atoms with van der Waals surface area (Å²) in [5, 5.41) is 3.81. The smallest absolute Gasteiger partial charge is 0.250 e. The second-order valence-corrected chi connectivity index (χ2v) is 10.8. The Labute approximate surface area is 238 Å². The van der Waals surface area contributed by atoms with E-state index in [1.54, 1.807) is 24.3 Å². The van der Waals surface area contributed by atoms with Crippen LogP contribution < -0.4 is 16.0 Å². The molecule has 1 aliphatic carbocycles. The Balaban J connectivity index is 1.17. The Morgan fingerprint density at radius 2 is 1.71 bits per heavy atom. The van der Waals surface area contributed by atoms with E-state index in [1.165, 1.54) is 23.6 Å². The molecule has 1 saturated heterocycles. The van der Waals surface area contributed by atoms with Gasteiger partial charge in [-0.25, -0.2) is 9.37 Å². The fraction of sp³-hybridized carbons (Fsp3) is 0.355. The molecule has 2 aliphatic rings. The molecule has 1 saturated carbocycles. The van der Waals surface area contributed by atoms with Crippen LogP contribution in [0.3, 0.4) is 0 Å². The molecule has 41 heavy (non-hydrogen) atoms. The molecule has 4 aromatic rings. The molecule has 212 valence electrons. The lowest BCUT2D eigenvalue weighted by Gasteiger charge is -2.37. The summed E-state index contributed by atoms with van der Waals surface area (Å²) in [5.74, 6) is -0.488. The highest BCUT2D eigenvalue weighted by Crippen LogP contribution is 2.28. The molecule has 3 N–H and O–H groups in total. The standard InChI is InChI=1S/C31H34FN7O2/c32-26-19-34-31(36-29(26)39-20-25(28(33)40)24-12-5-6-13-27(24)39)35-22-10-7-11-23(18-22)37-14-16-38(17-15-37)30(41)21-8-3-1-2-4-9-21/h5-7,10-13,18-21H,1-4,8-9,14-17H2,(H2,33,40)(H,34,35,36). The zero-order valence-corrected chi connectivity index (χ0v) is 22.9. The lowest BCUT2D eigenvalue weighted by atomic mass is 9.98. The van der Waals surface area contributed by atoms with Crippen LogP contribution in [0.25, 0.3) is 16.7 Å². The topological polar surface area (TPSA) is 109 Å². The van der Waals surface area contributed by atoms with Crippen LogP contribution in [0.5, 0.6) is 0 Å². The summed E-state index contributed by atoms with van der Waals surface area (Å²) >= 11 is 0. The van der Waals surface area contributed by atoms with E-state index >= 15 is 0 Å². The largest absolute Gasteiger partial charge is 0.368 e. The Bertz CT molecular complexity index is 1570. The molecule has 2 fully saturated rings. The third-order valence-electron chi connectivity index (χ3n) is 8.19. The minimum atomic E-state index is -0.627. The Hall–Kier alpha value is -4.47. The zero-order valence-electron chi connectivity index (χ0n) is 22.9. The van der Waals surface area contributed by atoms with E-state index in [0.717, 1.165) is 69.4 Å². The minimum absolute atomic E-state index is 0.0109. The molecule has 0 bridgehead atoms. The van der Waals surface area contributed by atoms with E-state index in [4.69, 9.17) is 5.73 Å². The molecule has 9 nitrogen and oxygen atoms in total. The summed E-state index contributed by atoms with van der Waals surface area (Å²) < 4.78 is 16.5. The summed E-state index contributed by atoms with van der Waals surface area (Å²) in [7, 11) is 0. The molecule has 0 radical (unpaired) electrons. The number of halogens is 1. The second kappa shape index (κ2) is 11.6. The average molecular weight is 556 g/mol. The van der Waals surface area contributed by atoms with Crippen molar-refractivity contribution in [3.8, 4) is 5.82 Å². The van der Waals surface area contributed by atoms with E-state index in [0.29, 0.717) is 16.8 Å². The number of para-hydroxylation sites is 1. The Morgan fingerprint density at radius 1 is 0.951 bits per heavy atom. The van der Waals surface area contributed by atoms with Gasteiger partial charge in [-0.15, -0.1) is 0 Å². The number of primary amides is 1. The zero-order chi connectivity index (χ0) is 28.3. The monoisotopic (exact) mass is 555 g/mol. The molecule has 1 aliphatic heterocycles. The highest BCUT2D eigenvalue weighted by Gasteiger charge is 2.28. The molecule has 2 amide bonds. The van der Waals surface area contributed by atoms with E-state index in [9.17, 15) is 14.0 Å². The molecule has 0 spiro atoms. The van der Waals surface area contributed by atoms with E-state index < -0.39 is 11.7 Å². The van der Waals surface area contributed by atoms with E-state index in [1.807, 2.05) is 29.2 Å². The van der Waals surface area contributed by atoms with E-state index in [2.05, 4.69) is 20.2 Å². The van der Waals surface area contributed by atoms with Crippen LogP contribution in [-0.2, 0) is 4.79 Å². The minimum Gasteiger partial charge on any atom is -0.368 e. The van der Waals surface area contributed by atoms with Crippen molar-refractivity contribution in [2.75, 3.05) is 36.4 Å². The maximum atomic E-state index is 14.9. The normalized spacial score (nSPS) is 16.5. The van der Waals surface area contributed by atoms with Crippen molar-refractivity contribution < 1.29 is 14.0 Å². The average Bonchev–Trinajstić information content (AvgIpc) is 3.17. The molecule has 0 unspecified atom stereocenters. The first-order chi connectivity index (χ1) is 20.0. The van der Waals surface area contributed by atoms with Gasteiger partial charge >= 0.3 is 0 Å². The third-order valence-corrected chi connectivity index (χ3v) is 8.19. The van der Waals surface area contributed by atoms with Gasteiger partial charge < -0.3 is 20.9 Å². The quantitative estimate of drug-likeness (QED) is 0.324. The van der Waals surface area contributed by atoms with Crippen LogP contribution in [0.4, 0.5) is 21.7 Å². The first-order valence-corrected chi connectivity index (χ1v) is 14.3. The summed E-state index contributed by atoms with van der Waals surface area (Å²) in [5.41, 5.74) is 8.25. The van der Waals surface area contributed by atoms with Gasteiger partial charge in [-0.3, -0.25) is 14.2 Å². The maximum absolute atomic E-state index is 14.9. The Morgan fingerprint density at radius 3 is 2.46 bits per heavy atom. The number of amides is 2. The molecular formula is C31H34FN7O2. The summed E-state index contributed by atoms with van der Waals surface area (Å²) in [6, 6.07) is 15.0. The van der Waals surface area contributed by atoms with E-state index in [-0.39, 0.29) is 23.2 Å². The molecule has 10 heteroatoms. The van der Waals surface area contributed by atoms with Crippen molar-refractivity contribution in [3.05, 3.63) is 72.3 Å². The van der Waals surface area contributed by atoms with Crippen molar-refractivity contribution in [3.63, 3.8) is 0 Å². The number of benzene rings is 2. The first-order valence-electron chi connectivity index (χ1n) is 14.3. The molecule has 2 aromatic heterocycles. The van der Waals surface area contributed by atoms with Gasteiger partial charge in [0.1, 0.15) is 0 Å². The fourth-order valence-electron chi connectivity index (χ4n) is 6.02. The van der Waals surface area contributed by atoms with Crippen LogP contribution in [-0.4, -0.2) is 57.4 Å². The van der Waals surface area contributed by atoms with Crippen molar-refractivity contribution in [2.24, 2.45) is 11.7 Å². The van der Waals surface area contributed by atoms with Gasteiger partial charge in [0.15, 0.2) is 11.6 Å². The number of carbonyl (C=O) groups excluding carboxylic acids is 2. The molecule has 6 rings (SSSR count). The van der Waals surface area contributed by atoms with Crippen molar-refractivity contribution in [2.45, 2.75) is 38.5 Å². The van der Waals surface area contributed by atoms with Gasteiger partial charge in [-0.2, -0.15) is 4.98 Å². The predicted octanol–water partition coefficient (Wildman–Crippen LogP) is 5.02. The lowest BCUT2D eigenvalue weighted by Crippen LogP contribution is -2.50. The van der Waals surface area contributed by atoms with Crippen LogP contribution in [0.2, 0.25) is 0 Å². The number of nitrogens with one attached hydrogen (secondary N) is 1. The number of nitrogens with two attached hydrogens (primary N) is 1. The molecular weight excluding hydrogens is 521 g/mol. The number of hydrogen-bond acceptors (Lipinski definition) is 6. The number of piperazine rings is 1. The van der Waals surface area contributed by atoms with Gasteiger partial charge in [0, 0.05) is 55.1 Å². The summed E-state index contributed by atoms with van der Waals surface area (Å²) in [6.07, 6.45) is 9.45. The van der Waals surface area contributed by atoms with Crippen molar-refractivity contribution in [1.82, 2.24) is 19.4 Å². The molecule has 0 atom stereocenters. The number of aromatic nitrogens is 3. The van der Waals surface area contributed by atoms with Crippen LogP contribution in [0, 0.1) is 11.7 Å². The summed E-state index contributed by atoms with van der Waals surface area (Å²) in [6.45, 7) is 2.97. The number of nitrogens with zero attached hydrogens (tertiary/aromatic N) is 5. The molecule has 3 heterocycles.